The van der Waals surface area contributed by atoms with Crippen molar-refractivity contribution in [3.8, 4) is 0 Å². The molecule has 0 heterocycles. The fourth-order valence-electron chi connectivity index (χ4n) is 2.02. The molecule has 0 aliphatic rings. The normalized spacial score (nSPS) is 13.8. The molecule has 0 bridgehead atoms. The number of halogens is 9. The van der Waals surface area contributed by atoms with Gasteiger partial charge in [0.1, 0.15) is 0 Å². The van der Waals surface area contributed by atoms with Gasteiger partial charge in [-0.15, -0.1) is 0 Å². The molecule has 13 heteroatoms. The molecule has 0 N–H and O–H groups in total. The van der Waals surface area contributed by atoms with Crippen LogP contribution in [0.15, 0.2) is 0 Å². The zero-order chi connectivity index (χ0) is 19.6. The minimum atomic E-state index is -6.84. The van der Waals surface area contributed by atoms with Gasteiger partial charge in [0.25, 0.3) is 0 Å². The van der Waals surface area contributed by atoms with E-state index in [1.165, 1.54) is 6.92 Å². The SMILES string of the molecule is CCCCC[Si](C(=O)C(F)(F)F)(C(=O)C(F)(F)F)C(=O)C(F)(F)F. The molecule has 0 amide bonds. The van der Waals surface area contributed by atoms with Crippen LogP contribution in [0.5, 0.6) is 0 Å². The van der Waals surface area contributed by atoms with Gasteiger partial charge in [0, 0.05) is 0 Å². The predicted molar refractivity (Wildman–Crippen MR) is 63.3 cm³/mol. The van der Waals surface area contributed by atoms with Gasteiger partial charge in [-0.25, -0.2) is 0 Å². The molecule has 0 aromatic carbocycles. The van der Waals surface area contributed by atoms with Crippen molar-refractivity contribution in [1.29, 1.82) is 0 Å². The highest BCUT2D eigenvalue weighted by atomic mass is 28.3. The number of hydrogen-bond acceptors (Lipinski definition) is 3. The largest absolute Gasteiger partial charge is 0.446 e. The maximum atomic E-state index is 12.6. The second kappa shape index (κ2) is 7.23. The first-order valence-electron chi connectivity index (χ1n) is 6.37. The summed E-state index contributed by atoms with van der Waals surface area (Å²) in [4.78, 5) is 34.1. The van der Waals surface area contributed by atoms with Gasteiger partial charge in [0.2, 0.25) is 16.2 Å². The molecular formula is C11H11F9O3Si. The fourth-order valence-corrected chi connectivity index (χ4v) is 5.55. The lowest BCUT2D eigenvalue weighted by molar-refractivity contribution is -0.174. The Balaban J connectivity index is 6.49. The number of hydrogen-bond donors (Lipinski definition) is 0. The predicted octanol–water partition coefficient (Wildman–Crippen LogP) is 3.64. The zero-order valence-electron chi connectivity index (χ0n) is 12.0. The standard InChI is InChI=1S/C11H11F9O3Si/c1-2-3-4-5-24(6(21)9(12,13)14,7(22)10(15,16)17)8(23)11(18,19)20/h2-5H2,1H3. The van der Waals surface area contributed by atoms with Crippen molar-refractivity contribution in [3.63, 3.8) is 0 Å². The molecule has 3 nitrogen and oxygen atoms in total. The zero-order valence-corrected chi connectivity index (χ0v) is 13.0. The Morgan fingerprint density at radius 1 is 0.667 bits per heavy atom. The van der Waals surface area contributed by atoms with E-state index < -0.39 is 55.3 Å². The molecule has 0 aliphatic carbocycles. The summed E-state index contributed by atoms with van der Waals surface area (Å²) < 4.78 is 113. The molecule has 0 aliphatic heterocycles. The summed E-state index contributed by atoms with van der Waals surface area (Å²) in [6, 6.07) is -1.70. The third kappa shape index (κ3) is 4.80. The first-order valence-corrected chi connectivity index (χ1v) is 8.58. The monoisotopic (exact) mass is 390 g/mol. The Labute approximate surface area is 130 Å². The summed E-state index contributed by atoms with van der Waals surface area (Å²) in [6.07, 6.45) is -19.3. The first-order chi connectivity index (χ1) is 10.5. The van der Waals surface area contributed by atoms with Crippen LogP contribution in [0.3, 0.4) is 0 Å². The van der Waals surface area contributed by atoms with Gasteiger partial charge in [-0.2, -0.15) is 39.5 Å². The van der Waals surface area contributed by atoms with Crippen molar-refractivity contribution in [3.05, 3.63) is 0 Å². The topological polar surface area (TPSA) is 51.2 Å². The van der Waals surface area contributed by atoms with E-state index in [1.54, 1.807) is 0 Å². The lowest BCUT2D eigenvalue weighted by atomic mass is 10.3. The van der Waals surface area contributed by atoms with E-state index in [1.807, 2.05) is 0 Å². The molecule has 24 heavy (non-hydrogen) atoms. The Bertz CT molecular complexity index is 440. The highest BCUT2D eigenvalue weighted by Gasteiger charge is 2.73. The van der Waals surface area contributed by atoms with Crippen LogP contribution < -0.4 is 0 Å². The van der Waals surface area contributed by atoms with Gasteiger partial charge in [-0.1, -0.05) is 26.2 Å². The van der Waals surface area contributed by atoms with E-state index in [4.69, 9.17) is 0 Å². The maximum absolute atomic E-state index is 12.6. The van der Waals surface area contributed by atoms with Crippen LogP contribution in [0, 0.1) is 0 Å². The number of carbonyl (C=O) groups is 3. The van der Waals surface area contributed by atoms with Gasteiger partial charge in [-0.3, -0.25) is 14.4 Å². The van der Waals surface area contributed by atoms with Crippen LogP contribution in [0.25, 0.3) is 0 Å². The second-order valence-electron chi connectivity index (χ2n) is 4.84. The van der Waals surface area contributed by atoms with Gasteiger partial charge in [0.05, 0.1) is 0 Å². The van der Waals surface area contributed by atoms with Crippen LogP contribution in [-0.4, -0.2) is 42.8 Å². The summed E-state index contributed by atoms with van der Waals surface area (Å²) in [6.45, 7) is 1.42. The van der Waals surface area contributed by atoms with E-state index in [9.17, 15) is 53.9 Å². The molecule has 0 saturated heterocycles. The van der Waals surface area contributed by atoms with Crippen LogP contribution >= 0.6 is 0 Å². The third-order valence-electron chi connectivity index (χ3n) is 3.09. The number of alkyl halides is 9. The molecule has 0 fully saturated rings. The smallest absolute Gasteiger partial charge is 0.294 e. The number of unbranched alkanes of at least 4 members (excludes halogenated alkanes) is 2. The van der Waals surface area contributed by atoms with Gasteiger partial charge < -0.3 is 0 Å². The molecular weight excluding hydrogens is 379 g/mol. The second-order valence-corrected chi connectivity index (χ2v) is 8.52. The molecule has 0 radical (unpaired) electrons. The van der Waals surface area contributed by atoms with E-state index in [0.29, 0.717) is 0 Å². The molecule has 0 saturated carbocycles. The molecule has 0 aromatic rings. The van der Waals surface area contributed by atoms with Crippen molar-refractivity contribution in [2.75, 3.05) is 0 Å². The maximum Gasteiger partial charge on any atom is 0.446 e. The van der Waals surface area contributed by atoms with E-state index in [2.05, 4.69) is 0 Å². The quantitative estimate of drug-likeness (QED) is 0.379. The van der Waals surface area contributed by atoms with Gasteiger partial charge >= 0.3 is 26.6 Å². The molecule has 0 spiro atoms. The summed E-state index contributed by atoms with van der Waals surface area (Å²) >= 11 is 0. The molecule has 0 aromatic heterocycles. The van der Waals surface area contributed by atoms with Gasteiger partial charge in [0.15, 0.2) is 0 Å². The van der Waals surface area contributed by atoms with Crippen LogP contribution in [0.1, 0.15) is 26.2 Å². The van der Waals surface area contributed by atoms with Crippen molar-refractivity contribution in [2.24, 2.45) is 0 Å². The molecule has 0 rings (SSSR count). The summed E-state index contributed by atoms with van der Waals surface area (Å²) in [7, 11) is -6.84. The highest BCUT2D eigenvalue weighted by Crippen LogP contribution is 2.37. The summed E-state index contributed by atoms with van der Waals surface area (Å²) in [5.74, 6) is 0. The Morgan fingerprint density at radius 3 is 1.17 bits per heavy atom. The lowest BCUT2D eigenvalue weighted by Crippen LogP contribution is -2.69. The number of rotatable bonds is 7. The van der Waals surface area contributed by atoms with Crippen molar-refractivity contribution in [1.82, 2.24) is 0 Å². The van der Waals surface area contributed by atoms with Crippen LogP contribution in [-0.2, 0) is 14.4 Å². The Kier molecular flexibility index (Phi) is 6.81. The fraction of sp³-hybridized carbons (Fsp3) is 0.727. The minimum absolute atomic E-state index is 0.157. The highest BCUT2D eigenvalue weighted by molar-refractivity contribution is 7.41. The summed E-state index contributed by atoms with van der Waals surface area (Å²) in [5.41, 5.74) is 0. The van der Waals surface area contributed by atoms with E-state index in [-0.39, 0.29) is 12.8 Å². The average molecular weight is 390 g/mol. The van der Waals surface area contributed by atoms with Crippen LogP contribution in [0.2, 0.25) is 6.04 Å². The minimum Gasteiger partial charge on any atom is -0.294 e. The van der Waals surface area contributed by atoms with Crippen LogP contribution in [0.4, 0.5) is 39.5 Å². The lowest BCUT2D eigenvalue weighted by Gasteiger charge is -2.28. The average Bonchev–Trinajstić information content (AvgIpc) is 2.39. The van der Waals surface area contributed by atoms with Crippen molar-refractivity contribution < 1.29 is 53.9 Å². The molecule has 140 valence electrons. The molecule has 0 atom stereocenters. The van der Waals surface area contributed by atoms with E-state index in [0.717, 1.165) is 0 Å². The van der Waals surface area contributed by atoms with Crippen molar-refractivity contribution in [2.45, 2.75) is 50.8 Å². The third-order valence-corrected chi connectivity index (χ3v) is 7.37. The Morgan fingerprint density at radius 2 is 0.958 bits per heavy atom. The Hall–Kier alpha value is -1.40. The van der Waals surface area contributed by atoms with E-state index >= 15 is 0 Å². The first kappa shape index (κ1) is 22.6. The van der Waals surface area contributed by atoms with Gasteiger partial charge in [-0.05, 0) is 6.04 Å². The number of carbonyl (C=O) groups excluding carboxylic acids is 3. The van der Waals surface area contributed by atoms with Crippen molar-refractivity contribution >= 4 is 24.3 Å². The molecule has 0 unspecified atom stereocenters. The summed E-state index contributed by atoms with van der Waals surface area (Å²) in [5, 5.41) is -10.6.